The zero-order valence-corrected chi connectivity index (χ0v) is 20.2. The van der Waals surface area contributed by atoms with Crippen molar-refractivity contribution in [2.75, 3.05) is 20.3 Å². The number of hydrogen-bond acceptors (Lipinski definition) is 8. The number of methoxy groups -OCH3 is 1. The van der Waals surface area contributed by atoms with E-state index in [9.17, 15) is 14.0 Å². The van der Waals surface area contributed by atoms with Gasteiger partial charge in [0.15, 0.2) is 23.1 Å². The molecule has 1 N–H and O–H groups in total. The lowest BCUT2D eigenvalue weighted by atomic mass is 10.0. The van der Waals surface area contributed by atoms with Crippen molar-refractivity contribution < 1.29 is 33.3 Å². The Morgan fingerprint density at radius 1 is 1.11 bits per heavy atom. The molecular formula is C27H22FNO6S. The number of rotatable bonds is 9. The highest BCUT2D eigenvalue weighted by Gasteiger charge is 2.26. The second-order valence-corrected chi connectivity index (χ2v) is 9.24. The predicted molar refractivity (Wildman–Crippen MR) is 133 cm³/mol. The summed E-state index contributed by atoms with van der Waals surface area (Å²) in [5, 5.41) is 9.67. The molecule has 0 atom stereocenters. The minimum absolute atomic E-state index is 0.00800. The van der Waals surface area contributed by atoms with Crippen LogP contribution in [0, 0.1) is 5.82 Å². The second kappa shape index (κ2) is 10.0. The van der Waals surface area contributed by atoms with Gasteiger partial charge in [0.25, 0.3) is 0 Å². The number of thiophene rings is 1. The fourth-order valence-corrected chi connectivity index (χ4v) is 5.27. The van der Waals surface area contributed by atoms with Crippen molar-refractivity contribution in [2.45, 2.75) is 19.4 Å². The molecule has 0 saturated carbocycles. The van der Waals surface area contributed by atoms with Crippen LogP contribution in [0.1, 0.15) is 38.6 Å². The van der Waals surface area contributed by atoms with Crippen LogP contribution < -0.4 is 14.2 Å². The summed E-state index contributed by atoms with van der Waals surface area (Å²) < 4.78 is 31.3. The maximum absolute atomic E-state index is 14.3. The zero-order chi connectivity index (χ0) is 25.2. The van der Waals surface area contributed by atoms with E-state index in [-0.39, 0.29) is 49.1 Å². The summed E-state index contributed by atoms with van der Waals surface area (Å²) in [6.45, 7) is 0.280. The maximum Gasteiger partial charge on any atom is 0.181 e. The van der Waals surface area contributed by atoms with Crippen molar-refractivity contribution in [1.29, 1.82) is 0 Å². The van der Waals surface area contributed by atoms with Gasteiger partial charge in [-0.2, -0.15) is 0 Å². The van der Waals surface area contributed by atoms with Crippen LogP contribution >= 0.6 is 11.3 Å². The number of aromatic nitrogens is 1. The van der Waals surface area contributed by atoms with E-state index in [4.69, 9.17) is 19.3 Å². The van der Waals surface area contributed by atoms with Crippen LogP contribution in [-0.4, -0.2) is 42.0 Å². The van der Waals surface area contributed by atoms with Gasteiger partial charge in [0, 0.05) is 29.4 Å². The number of fused-ring (bicyclic) bond motifs is 5. The van der Waals surface area contributed by atoms with Gasteiger partial charge in [-0.25, -0.2) is 9.37 Å². The first kappa shape index (κ1) is 23.9. The Balaban J connectivity index is 1.34. The van der Waals surface area contributed by atoms with Crippen molar-refractivity contribution in [3.05, 3.63) is 70.5 Å². The Morgan fingerprint density at radius 2 is 1.94 bits per heavy atom. The molecule has 0 fully saturated rings. The molecule has 0 spiro atoms. The molecule has 3 heterocycles. The topological polar surface area (TPSA) is 95.0 Å². The largest absolute Gasteiger partial charge is 0.493 e. The minimum Gasteiger partial charge on any atom is -0.493 e. The minimum atomic E-state index is -0.302. The number of aliphatic hydroxyl groups excluding tert-OH is 1. The molecule has 1 aliphatic rings. The third kappa shape index (κ3) is 4.43. The van der Waals surface area contributed by atoms with Crippen LogP contribution in [0.3, 0.4) is 0 Å². The lowest BCUT2D eigenvalue weighted by molar-refractivity contribution is 0.0914. The average Bonchev–Trinajstić information content (AvgIpc) is 3.30. The third-order valence-electron chi connectivity index (χ3n) is 5.89. The molecule has 1 aliphatic heterocycles. The van der Waals surface area contributed by atoms with E-state index < -0.39 is 0 Å². The molecule has 0 radical (unpaired) electrons. The first-order chi connectivity index (χ1) is 17.5. The van der Waals surface area contributed by atoms with Crippen LogP contribution in [0.4, 0.5) is 4.39 Å². The number of nitrogens with zero attached hydrogens (tertiary/aromatic N) is 1. The molecule has 5 rings (SSSR count). The van der Waals surface area contributed by atoms with Gasteiger partial charge in [0.1, 0.15) is 36.2 Å². The van der Waals surface area contributed by atoms with Gasteiger partial charge in [0.2, 0.25) is 0 Å². The Hall–Kier alpha value is -3.82. The van der Waals surface area contributed by atoms with Gasteiger partial charge < -0.3 is 19.3 Å². The zero-order valence-electron chi connectivity index (χ0n) is 19.4. The summed E-state index contributed by atoms with van der Waals surface area (Å²) in [4.78, 5) is 31.1. The Kier molecular flexibility index (Phi) is 6.67. The van der Waals surface area contributed by atoms with Crippen LogP contribution in [0.5, 0.6) is 17.2 Å². The average molecular weight is 508 g/mol. The standard InChI is InChI=1S/C27H22FNO6S/c1-33-23-13-15(5-9-21(23)34-12-11-30)19(31)7-8-20(32)18-6-10-22-26(29-18)25-16-3-2-4-17(28)27(16)36-24(25)14-35-22/h2-6,9-10,13,30H,7-8,11-12,14H2,1H3. The van der Waals surface area contributed by atoms with Crippen LogP contribution in [0.25, 0.3) is 21.3 Å². The van der Waals surface area contributed by atoms with Crippen LogP contribution in [0.15, 0.2) is 48.5 Å². The van der Waals surface area contributed by atoms with Gasteiger partial charge in [-0.15, -0.1) is 11.3 Å². The molecular weight excluding hydrogens is 485 g/mol. The number of pyridine rings is 1. The molecule has 0 amide bonds. The quantitative estimate of drug-likeness (QED) is 0.310. The number of hydrogen-bond donors (Lipinski definition) is 1. The summed E-state index contributed by atoms with van der Waals surface area (Å²) in [7, 11) is 1.46. The molecule has 2 aromatic carbocycles. The number of ketones is 2. The fourth-order valence-electron chi connectivity index (χ4n) is 4.15. The van der Waals surface area contributed by atoms with E-state index in [0.717, 1.165) is 15.8 Å². The van der Waals surface area contributed by atoms with E-state index in [1.54, 1.807) is 36.4 Å². The van der Waals surface area contributed by atoms with E-state index >= 15 is 0 Å². The Morgan fingerprint density at radius 3 is 2.75 bits per heavy atom. The van der Waals surface area contributed by atoms with Gasteiger partial charge in [-0.3, -0.25) is 9.59 Å². The van der Waals surface area contributed by atoms with E-state index in [0.29, 0.717) is 39.8 Å². The Labute approximate surface area is 210 Å². The molecule has 0 bridgehead atoms. The van der Waals surface area contributed by atoms with Crippen LogP contribution in [-0.2, 0) is 6.61 Å². The number of halogens is 1. The summed E-state index contributed by atoms with van der Waals surface area (Å²) in [6.07, 6.45) is -0.0334. The predicted octanol–water partition coefficient (Wildman–Crippen LogP) is 5.22. The normalized spacial score (nSPS) is 12.0. The summed E-state index contributed by atoms with van der Waals surface area (Å²) in [6, 6.07) is 12.9. The van der Waals surface area contributed by atoms with Crippen molar-refractivity contribution in [3.8, 4) is 28.5 Å². The van der Waals surface area contributed by atoms with Crippen molar-refractivity contribution in [3.63, 3.8) is 0 Å². The highest BCUT2D eigenvalue weighted by Crippen LogP contribution is 2.45. The first-order valence-electron chi connectivity index (χ1n) is 11.3. The molecule has 184 valence electrons. The van der Waals surface area contributed by atoms with Crippen LogP contribution in [0.2, 0.25) is 0 Å². The summed E-state index contributed by atoms with van der Waals surface area (Å²) in [5.41, 5.74) is 1.91. The number of carbonyl (C=O) groups is 2. The molecule has 0 saturated heterocycles. The first-order valence-corrected chi connectivity index (χ1v) is 12.1. The molecule has 2 aromatic heterocycles. The van der Waals surface area contributed by atoms with Crippen molar-refractivity contribution in [2.24, 2.45) is 0 Å². The monoisotopic (exact) mass is 507 g/mol. The third-order valence-corrected chi connectivity index (χ3v) is 7.08. The summed E-state index contributed by atoms with van der Waals surface area (Å²) >= 11 is 1.32. The van der Waals surface area contributed by atoms with E-state index in [2.05, 4.69) is 4.98 Å². The highest BCUT2D eigenvalue weighted by molar-refractivity contribution is 7.19. The lowest BCUT2D eigenvalue weighted by Crippen LogP contribution is -2.10. The number of ether oxygens (including phenoxy) is 3. The maximum atomic E-state index is 14.3. The molecule has 4 aromatic rings. The molecule has 9 heteroatoms. The highest BCUT2D eigenvalue weighted by atomic mass is 32.1. The number of Topliss-reactive ketones (excluding diaryl/α,β-unsaturated/α-hetero) is 2. The SMILES string of the molecule is COc1cc(C(=O)CCC(=O)c2ccc3c(n2)-c2c(sc4c(F)cccc24)CO3)ccc1OCCO. The van der Waals surface area contributed by atoms with Gasteiger partial charge in [-0.05, 0) is 36.4 Å². The number of aliphatic hydroxyl groups is 1. The number of benzene rings is 2. The summed E-state index contributed by atoms with van der Waals surface area (Å²) in [5.74, 6) is 0.516. The second-order valence-electron chi connectivity index (χ2n) is 8.13. The molecule has 36 heavy (non-hydrogen) atoms. The van der Waals surface area contributed by atoms with Crippen molar-refractivity contribution >= 4 is 33.0 Å². The molecule has 7 nitrogen and oxygen atoms in total. The fraction of sp³-hybridized carbons (Fsp3) is 0.222. The molecule has 0 unspecified atom stereocenters. The molecule has 0 aliphatic carbocycles. The van der Waals surface area contributed by atoms with Gasteiger partial charge >= 0.3 is 0 Å². The van der Waals surface area contributed by atoms with Gasteiger partial charge in [-0.1, -0.05) is 12.1 Å². The van der Waals surface area contributed by atoms with E-state index in [1.807, 2.05) is 6.07 Å². The lowest BCUT2D eigenvalue weighted by Gasteiger charge is -2.17. The van der Waals surface area contributed by atoms with Gasteiger partial charge in [0.05, 0.1) is 23.3 Å². The van der Waals surface area contributed by atoms with Crippen molar-refractivity contribution in [1.82, 2.24) is 4.98 Å². The number of carbonyl (C=O) groups excluding carboxylic acids is 2. The Bertz CT molecular complexity index is 1480. The smallest absolute Gasteiger partial charge is 0.181 e. The van der Waals surface area contributed by atoms with E-state index in [1.165, 1.54) is 24.5 Å².